The smallest absolute Gasteiger partial charge is 0.271 e. The van der Waals surface area contributed by atoms with Gasteiger partial charge in [-0.15, -0.1) is 0 Å². The summed E-state index contributed by atoms with van der Waals surface area (Å²) in [5.74, 6) is 1.67. The Kier molecular flexibility index (Phi) is 6.41. The van der Waals surface area contributed by atoms with Crippen LogP contribution in [0.1, 0.15) is 23.0 Å². The number of aromatic nitrogens is 2. The van der Waals surface area contributed by atoms with E-state index in [2.05, 4.69) is 20.6 Å². The molecule has 0 atom stereocenters. The van der Waals surface area contributed by atoms with E-state index < -0.39 is 0 Å². The molecule has 0 unspecified atom stereocenters. The van der Waals surface area contributed by atoms with Crippen LogP contribution in [0.2, 0.25) is 0 Å². The second-order valence-electron chi connectivity index (χ2n) is 5.84. The van der Waals surface area contributed by atoms with Crippen LogP contribution in [0.15, 0.2) is 60.9 Å². The van der Waals surface area contributed by atoms with Crippen molar-refractivity contribution in [2.45, 2.75) is 13.5 Å². The molecule has 2 N–H and O–H groups in total. The Morgan fingerprint density at radius 2 is 1.75 bits per heavy atom. The third-order valence-corrected chi connectivity index (χ3v) is 3.97. The van der Waals surface area contributed by atoms with Gasteiger partial charge in [-0.2, -0.15) is 0 Å². The van der Waals surface area contributed by atoms with Crippen molar-refractivity contribution in [1.29, 1.82) is 0 Å². The summed E-state index contributed by atoms with van der Waals surface area (Å²) in [6.45, 7) is 2.83. The van der Waals surface area contributed by atoms with Crippen molar-refractivity contribution >= 4 is 17.4 Å². The molecule has 144 valence electrons. The molecule has 1 heterocycles. The van der Waals surface area contributed by atoms with Crippen molar-refractivity contribution in [3.63, 3.8) is 0 Å². The van der Waals surface area contributed by atoms with Crippen LogP contribution in [0.3, 0.4) is 0 Å². The van der Waals surface area contributed by atoms with E-state index in [1.807, 2.05) is 55.5 Å². The first kappa shape index (κ1) is 19.2. The number of hydrogen-bond acceptors (Lipinski definition) is 6. The van der Waals surface area contributed by atoms with E-state index >= 15 is 0 Å². The fraction of sp³-hybridized carbons (Fsp3) is 0.190. The molecule has 7 nitrogen and oxygen atoms in total. The monoisotopic (exact) mass is 378 g/mol. The lowest BCUT2D eigenvalue weighted by Gasteiger charge is -2.12. The van der Waals surface area contributed by atoms with Gasteiger partial charge in [-0.1, -0.05) is 30.3 Å². The molecule has 0 fully saturated rings. The molecule has 0 aliphatic rings. The molecule has 1 amide bonds. The number of para-hydroxylation sites is 3. The topological polar surface area (TPSA) is 85.4 Å². The predicted octanol–water partition coefficient (Wildman–Crippen LogP) is 3.56. The SMILES string of the molecule is CCOc1ccccc1Nc1cnc(C(=O)NCc2ccccc2OC)cn1. The van der Waals surface area contributed by atoms with E-state index in [1.165, 1.54) is 12.4 Å². The molecule has 0 aliphatic carbocycles. The lowest BCUT2D eigenvalue weighted by Crippen LogP contribution is -2.24. The number of anilines is 2. The molecular weight excluding hydrogens is 356 g/mol. The van der Waals surface area contributed by atoms with Gasteiger partial charge in [-0.25, -0.2) is 9.97 Å². The van der Waals surface area contributed by atoms with Crippen molar-refractivity contribution < 1.29 is 14.3 Å². The third kappa shape index (κ3) is 4.76. The van der Waals surface area contributed by atoms with Gasteiger partial charge in [0.05, 0.1) is 31.8 Å². The van der Waals surface area contributed by atoms with Crippen molar-refractivity contribution in [3.05, 3.63) is 72.2 Å². The third-order valence-electron chi connectivity index (χ3n) is 3.97. The highest BCUT2D eigenvalue weighted by Crippen LogP contribution is 2.26. The molecule has 1 aromatic heterocycles. The Hall–Kier alpha value is -3.61. The minimum absolute atomic E-state index is 0.235. The molecule has 3 aromatic rings. The van der Waals surface area contributed by atoms with Gasteiger partial charge >= 0.3 is 0 Å². The number of carbonyl (C=O) groups excluding carboxylic acids is 1. The highest BCUT2D eigenvalue weighted by Gasteiger charge is 2.10. The molecule has 0 radical (unpaired) electrons. The summed E-state index contributed by atoms with van der Waals surface area (Å²) in [6, 6.07) is 15.1. The highest BCUT2D eigenvalue weighted by atomic mass is 16.5. The number of amides is 1. The first-order chi connectivity index (χ1) is 13.7. The summed E-state index contributed by atoms with van der Waals surface area (Å²) in [7, 11) is 1.60. The van der Waals surface area contributed by atoms with Gasteiger partial charge in [-0.3, -0.25) is 4.79 Å². The standard InChI is InChI=1S/C21H22N4O3/c1-3-28-19-11-7-5-9-16(19)25-20-14-22-17(13-23-20)21(26)24-12-15-8-4-6-10-18(15)27-2/h4-11,13-14H,3,12H2,1-2H3,(H,23,25)(H,24,26). The summed E-state index contributed by atoms with van der Waals surface area (Å²) in [4.78, 5) is 20.8. The van der Waals surface area contributed by atoms with Crippen LogP contribution in [0, 0.1) is 0 Å². The van der Waals surface area contributed by atoms with Crippen LogP contribution < -0.4 is 20.1 Å². The number of ether oxygens (including phenoxy) is 2. The zero-order valence-corrected chi connectivity index (χ0v) is 15.8. The van der Waals surface area contributed by atoms with Crippen molar-refractivity contribution in [2.75, 3.05) is 19.0 Å². The van der Waals surface area contributed by atoms with E-state index in [4.69, 9.17) is 9.47 Å². The van der Waals surface area contributed by atoms with Gasteiger partial charge in [0.1, 0.15) is 23.0 Å². The Morgan fingerprint density at radius 3 is 2.46 bits per heavy atom. The average molecular weight is 378 g/mol. The zero-order chi connectivity index (χ0) is 19.8. The van der Waals surface area contributed by atoms with Crippen LogP contribution in [0.25, 0.3) is 0 Å². The number of hydrogen-bond donors (Lipinski definition) is 2. The van der Waals surface area contributed by atoms with Crippen LogP contribution in [-0.2, 0) is 6.54 Å². The van der Waals surface area contributed by atoms with Gasteiger partial charge in [0.15, 0.2) is 0 Å². The van der Waals surface area contributed by atoms with Crippen LogP contribution in [0.4, 0.5) is 11.5 Å². The molecule has 0 bridgehead atoms. The largest absolute Gasteiger partial charge is 0.496 e. The summed E-state index contributed by atoms with van der Waals surface area (Å²) in [5, 5.41) is 5.97. The maximum atomic E-state index is 12.3. The Morgan fingerprint density at radius 1 is 1.00 bits per heavy atom. The number of benzene rings is 2. The van der Waals surface area contributed by atoms with E-state index in [-0.39, 0.29) is 11.6 Å². The van der Waals surface area contributed by atoms with Crippen molar-refractivity contribution in [1.82, 2.24) is 15.3 Å². The molecule has 3 rings (SSSR count). The van der Waals surface area contributed by atoms with Crippen LogP contribution in [0.5, 0.6) is 11.5 Å². The summed E-state index contributed by atoms with van der Waals surface area (Å²) < 4.78 is 10.9. The van der Waals surface area contributed by atoms with E-state index in [0.29, 0.717) is 19.0 Å². The second kappa shape index (κ2) is 9.36. The van der Waals surface area contributed by atoms with Crippen LogP contribution >= 0.6 is 0 Å². The molecule has 0 spiro atoms. The average Bonchev–Trinajstić information content (AvgIpc) is 2.74. The molecule has 0 aliphatic heterocycles. The van der Waals surface area contributed by atoms with E-state index in [1.54, 1.807) is 7.11 Å². The minimum Gasteiger partial charge on any atom is -0.496 e. The zero-order valence-electron chi connectivity index (χ0n) is 15.8. The summed E-state index contributed by atoms with van der Waals surface area (Å²) in [6.07, 6.45) is 2.95. The molecule has 2 aromatic carbocycles. The van der Waals surface area contributed by atoms with Gasteiger partial charge in [0, 0.05) is 12.1 Å². The van der Waals surface area contributed by atoms with Gasteiger partial charge in [0.2, 0.25) is 0 Å². The molecule has 7 heteroatoms. The summed E-state index contributed by atoms with van der Waals surface area (Å²) in [5.41, 5.74) is 1.91. The minimum atomic E-state index is -0.306. The lowest BCUT2D eigenvalue weighted by atomic mass is 10.2. The first-order valence-electron chi connectivity index (χ1n) is 8.92. The van der Waals surface area contributed by atoms with E-state index in [9.17, 15) is 4.79 Å². The molecular formula is C21H22N4O3. The Bertz CT molecular complexity index is 929. The quantitative estimate of drug-likeness (QED) is 0.623. The number of methoxy groups -OCH3 is 1. The summed E-state index contributed by atoms with van der Waals surface area (Å²) >= 11 is 0. The van der Waals surface area contributed by atoms with Crippen molar-refractivity contribution in [2.24, 2.45) is 0 Å². The Balaban J connectivity index is 1.63. The number of nitrogens with one attached hydrogen (secondary N) is 2. The predicted molar refractivity (Wildman–Crippen MR) is 107 cm³/mol. The highest BCUT2D eigenvalue weighted by molar-refractivity contribution is 5.92. The first-order valence-corrected chi connectivity index (χ1v) is 8.92. The molecule has 0 saturated heterocycles. The molecule has 0 saturated carbocycles. The normalized spacial score (nSPS) is 10.2. The Labute approximate surface area is 163 Å². The second-order valence-corrected chi connectivity index (χ2v) is 5.84. The maximum Gasteiger partial charge on any atom is 0.271 e. The lowest BCUT2D eigenvalue weighted by molar-refractivity contribution is 0.0945. The fourth-order valence-corrected chi connectivity index (χ4v) is 2.61. The number of nitrogens with zero attached hydrogens (tertiary/aromatic N) is 2. The van der Waals surface area contributed by atoms with Gasteiger partial charge in [-0.05, 0) is 25.1 Å². The van der Waals surface area contributed by atoms with Gasteiger partial charge < -0.3 is 20.1 Å². The number of carbonyl (C=O) groups is 1. The van der Waals surface area contributed by atoms with Crippen molar-refractivity contribution in [3.8, 4) is 11.5 Å². The van der Waals surface area contributed by atoms with Crippen LogP contribution in [-0.4, -0.2) is 29.6 Å². The molecule has 28 heavy (non-hydrogen) atoms. The van der Waals surface area contributed by atoms with E-state index in [0.717, 1.165) is 22.7 Å². The maximum absolute atomic E-state index is 12.3. The fourth-order valence-electron chi connectivity index (χ4n) is 2.61. The number of rotatable bonds is 8. The van der Waals surface area contributed by atoms with Gasteiger partial charge in [0.25, 0.3) is 5.91 Å².